The fourth-order valence-electron chi connectivity index (χ4n) is 7.19. The molecule has 0 saturated carbocycles. The lowest BCUT2D eigenvalue weighted by molar-refractivity contribution is 0.829. The van der Waals surface area contributed by atoms with Gasteiger partial charge in [0.25, 0.3) is 0 Å². The van der Waals surface area contributed by atoms with Gasteiger partial charge in [-0.05, 0) is 51.0 Å². The first kappa shape index (κ1) is 37.6. The fraction of sp³-hybridized carbons (Fsp3) is 0.0476. The van der Waals surface area contributed by atoms with Crippen molar-refractivity contribution in [1.82, 2.24) is 0 Å². The molecule has 5 aromatic carbocycles. The van der Waals surface area contributed by atoms with Crippen LogP contribution in [0, 0.1) is 12.3 Å². The normalized spacial score (nSPS) is 15.4. The highest BCUT2D eigenvalue weighted by Gasteiger charge is 2.33. The Morgan fingerprint density at radius 3 is 1.89 bits per heavy atom. The van der Waals surface area contributed by atoms with Crippen molar-refractivity contribution < 1.29 is 0 Å². The number of allylic oxidation sites excluding steroid dienone is 5. The minimum Gasteiger partial charge on any atom is -0.361 e. The van der Waals surface area contributed by atoms with E-state index < -0.39 is 6.04 Å². The second-order valence-corrected chi connectivity index (χ2v) is 14.1. The standard InChI is InChI=1S/C42H21B10NS/c1-2-26(43)30(21-11-5-3-6-12-21)33(45)27(44)20-53(41-37(49)31(34(46)38(41)50)22-13-7-4-8-14-22)42-39(51)35(47)32(36(48)40(42)52)23-17-18-25-24-15-9-10-16-28(24)54-29(25)19-23/h1,3-19,41H,20H2/b30-26+,33-27-. The fourth-order valence-corrected chi connectivity index (χ4v) is 8.34. The maximum atomic E-state index is 6.99. The van der Waals surface area contributed by atoms with Crippen LogP contribution in [0.5, 0.6) is 0 Å². The molecular formula is C42H21B10NS. The van der Waals surface area contributed by atoms with Crippen LogP contribution in [0.4, 0.5) is 5.69 Å². The molecule has 0 aliphatic heterocycles. The molecule has 1 nitrogen and oxygen atoms in total. The van der Waals surface area contributed by atoms with Gasteiger partial charge in [0.2, 0.25) is 0 Å². The predicted octanol–water partition coefficient (Wildman–Crippen LogP) is 2.98. The molecule has 1 heterocycles. The largest absolute Gasteiger partial charge is 0.361 e. The Morgan fingerprint density at radius 2 is 1.24 bits per heavy atom. The van der Waals surface area contributed by atoms with E-state index in [2.05, 4.69) is 18.1 Å². The summed E-state index contributed by atoms with van der Waals surface area (Å²) in [5.74, 6) is 2.49. The molecule has 1 aliphatic carbocycles. The Kier molecular flexibility index (Phi) is 10.6. The quantitative estimate of drug-likeness (QED) is 0.136. The van der Waals surface area contributed by atoms with E-state index in [9.17, 15) is 0 Å². The Bertz CT molecular complexity index is 2620. The highest BCUT2D eigenvalue weighted by Crippen LogP contribution is 2.40. The van der Waals surface area contributed by atoms with E-state index in [1.165, 1.54) is 0 Å². The molecular weight excluding hydrogens is 659 g/mol. The van der Waals surface area contributed by atoms with Gasteiger partial charge >= 0.3 is 0 Å². The monoisotopic (exact) mass is 681 g/mol. The summed E-state index contributed by atoms with van der Waals surface area (Å²) in [5, 5.41) is 2.28. The third-order valence-corrected chi connectivity index (χ3v) is 11.0. The smallest absolute Gasteiger partial charge is 0.127 e. The molecule has 0 amide bonds. The summed E-state index contributed by atoms with van der Waals surface area (Å²) >= 11 is 1.67. The van der Waals surface area contributed by atoms with Crippen LogP contribution >= 0.6 is 11.3 Å². The van der Waals surface area contributed by atoms with Crippen LogP contribution in [0.25, 0.3) is 42.4 Å². The van der Waals surface area contributed by atoms with E-state index in [1.54, 1.807) is 16.2 Å². The van der Waals surface area contributed by atoms with E-state index in [0.717, 1.165) is 31.3 Å². The van der Waals surface area contributed by atoms with E-state index in [-0.39, 0.29) is 61.4 Å². The van der Waals surface area contributed by atoms with Crippen molar-refractivity contribution in [2.24, 2.45) is 0 Å². The number of rotatable bonds is 8. The molecule has 0 N–H and O–H groups in total. The summed E-state index contributed by atoms with van der Waals surface area (Å²) in [7, 11) is 68.3. The lowest BCUT2D eigenvalue weighted by atomic mass is 9.64. The number of thiophene rings is 1. The van der Waals surface area contributed by atoms with Gasteiger partial charge in [0.1, 0.15) is 78.5 Å². The van der Waals surface area contributed by atoms with Crippen molar-refractivity contribution in [2.45, 2.75) is 6.04 Å². The molecule has 7 rings (SSSR count). The summed E-state index contributed by atoms with van der Waals surface area (Å²) in [6.07, 6.45) is 5.77. The minimum atomic E-state index is -0.898. The summed E-state index contributed by atoms with van der Waals surface area (Å²) in [6.45, 7) is -0.123. The molecule has 54 heavy (non-hydrogen) atoms. The molecule has 230 valence electrons. The lowest BCUT2D eigenvalue weighted by Gasteiger charge is -2.40. The van der Waals surface area contributed by atoms with Gasteiger partial charge in [-0.3, -0.25) is 0 Å². The molecule has 0 fully saturated rings. The second kappa shape index (κ2) is 15.2. The Morgan fingerprint density at radius 1 is 0.648 bits per heavy atom. The number of fused-ring (bicyclic) bond motifs is 3. The molecule has 0 saturated heterocycles. The van der Waals surface area contributed by atoms with Crippen LogP contribution in [0.15, 0.2) is 136 Å². The van der Waals surface area contributed by atoms with Crippen molar-refractivity contribution >= 4 is 149 Å². The number of benzene rings is 5. The number of nitrogens with zero attached hydrogens (tertiary/aromatic N) is 1. The highest BCUT2D eigenvalue weighted by atomic mass is 32.1. The molecule has 0 spiro atoms. The van der Waals surface area contributed by atoms with E-state index in [4.69, 9.17) is 84.9 Å². The van der Waals surface area contributed by atoms with Gasteiger partial charge in [-0.25, -0.2) is 0 Å². The summed E-state index contributed by atoms with van der Waals surface area (Å²) < 4.78 is 2.22. The average Bonchev–Trinajstić information content (AvgIpc) is 3.66. The van der Waals surface area contributed by atoms with Crippen LogP contribution in [0.2, 0.25) is 0 Å². The van der Waals surface area contributed by atoms with Crippen LogP contribution in [-0.2, 0) is 0 Å². The first-order chi connectivity index (χ1) is 25.9. The zero-order chi connectivity index (χ0) is 38.4. The number of hydrogen-bond acceptors (Lipinski definition) is 2. The molecule has 1 aliphatic rings. The molecule has 0 bridgehead atoms. The molecule has 12 heteroatoms. The van der Waals surface area contributed by atoms with E-state index in [0.29, 0.717) is 27.7 Å². The molecule has 1 unspecified atom stereocenters. The Balaban J connectivity index is 1.43. The summed E-state index contributed by atoms with van der Waals surface area (Å²) in [4.78, 5) is 1.72. The molecule has 6 aromatic rings. The van der Waals surface area contributed by atoms with Crippen molar-refractivity contribution in [3.63, 3.8) is 0 Å². The molecule has 20 radical (unpaired) electrons. The summed E-state index contributed by atoms with van der Waals surface area (Å²) in [5.41, 5.74) is 5.81. The first-order valence-electron chi connectivity index (χ1n) is 16.9. The van der Waals surface area contributed by atoms with Crippen LogP contribution in [-0.4, -0.2) is 91.0 Å². The van der Waals surface area contributed by atoms with Gasteiger partial charge in [-0.15, -0.1) is 23.2 Å². The molecule has 1 atom stereocenters. The second-order valence-electron chi connectivity index (χ2n) is 13.0. The van der Waals surface area contributed by atoms with Gasteiger partial charge in [-0.2, -0.15) is 0 Å². The lowest BCUT2D eigenvalue weighted by Crippen LogP contribution is -2.52. The minimum absolute atomic E-state index is 0.0935. The third-order valence-electron chi connectivity index (χ3n) is 9.86. The van der Waals surface area contributed by atoms with Gasteiger partial charge in [0.15, 0.2) is 0 Å². The van der Waals surface area contributed by atoms with Crippen molar-refractivity contribution in [3.8, 4) is 23.5 Å². The first-order valence-corrected chi connectivity index (χ1v) is 17.8. The number of terminal acetylenes is 1. The predicted molar refractivity (Wildman–Crippen MR) is 242 cm³/mol. The van der Waals surface area contributed by atoms with Crippen molar-refractivity contribution in [2.75, 3.05) is 11.4 Å². The number of anilines is 1. The SMILES string of the molecule is [B]C1=C([B])C(N(C/C([B])=C([B])\C(=C(\[B])C#C)c2ccccc2)c2c([B])c([B])c(-c3ccc4c(c3)sc3ccccc34)c([B])c2[B])C([B])=C1c1ccccc1. The maximum Gasteiger partial charge on any atom is 0.127 e. The highest BCUT2D eigenvalue weighted by molar-refractivity contribution is 7.25. The Hall–Kier alpha value is -4.71. The van der Waals surface area contributed by atoms with Gasteiger partial charge < -0.3 is 4.90 Å². The van der Waals surface area contributed by atoms with Crippen molar-refractivity contribution in [1.29, 1.82) is 0 Å². The van der Waals surface area contributed by atoms with E-state index in [1.807, 2.05) is 91.0 Å². The Labute approximate surface area is 334 Å². The summed E-state index contributed by atoms with van der Waals surface area (Å²) in [6, 6.07) is 32.0. The maximum absolute atomic E-state index is 6.99. The van der Waals surface area contributed by atoms with Crippen molar-refractivity contribution in [3.05, 3.63) is 147 Å². The van der Waals surface area contributed by atoms with Gasteiger partial charge in [0, 0.05) is 32.4 Å². The van der Waals surface area contributed by atoms with Crippen LogP contribution in [0.1, 0.15) is 11.1 Å². The topological polar surface area (TPSA) is 3.24 Å². The van der Waals surface area contributed by atoms with Gasteiger partial charge in [-0.1, -0.05) is 141 Å². The van der Waals surface area contributed by atoms with Crippen LogP contribution in [0.3, 0.4) is 0 Å². The van der Waals surface area contributed by atoms with Crippen LogP contribution < -0.4 is 26.8 Å². The average molecular weight is 680 g/mol. The molecule has 1 aromatic heterocycles. The zero-order valence-corrected chi connectivity index (χ0v) is 30.1. The van der Waals surface area contributed by atoms with Gasteiger partial charge in [0.05, 0.1) is 6.04 Å². The third kappa shape index (κ3) is 6.46. The van der Waals surface area contributed by atoms with E-state index >= 15 is 0 Å². The zero-order valence-electron chi connectivity index (χ0n) is 29.3. The number of hydrogen-bond donors (Lipinski definition) is 0.